The fourth-order valence-corrected chi connectivity index (χ4v) is 5.77. The molecule has 2 N–H and O–H groups in total. The molecule has 7 nitrogen and oxygen atoms in total. The van der Waals surface area contributed by atoms with Crippen LogP contribution in [0.15, 0.2) is 52.0 Å². The summed E-state index contributed by atoms with van der Waals surface area (Å²) in [6.45, 7) is 0. The van der Waals surface area contributed by atoms with Crippen LogP contribution in [0.3, 0.4) is 0 Å². The van der Waals surface area contributed by atoms with Gasteiger partial charge < -0.3 is 19.8 Å². The smallest absolute Gasteiger partial charge is 0.341 e. The van der Waals surface area contributed by atoms with E-state index in [9.17, 15) is 14.4 Å². The Hall–Kier alpha value is -3.04. The lowest BCUT2D eigenvalue weighted by Crippen LogP contribution is -2.16. The topological polar surface area (TPSA) is 97.6 Å². The maximum Gasteiger partial charge on any atom is 0.341 e. The Morgan fingerprint density at radius 3 is 2.73 bits per heavy atom. The zero-order valence-corrected chi connectivity index (χ0v) is 19.8. The fourth-order valence-electron chi connectivity index (χ4n) is 3.72. The number of nitrogens with one attached hydrogen (secondary N) is 2. The first-order valence-corrected chi connectivity index (χ1v) is 12.5. The van der Waals surface area contributed by atoms with E-state index in [0.29, 0.717) is 16.3 Å². The number of thiophene rings is 1. The van der Waals surface area contributed by atoms with Crippen LogP contribution in [0.5, 0.6) is 0 Å². The fraction of sp³-hybridized carbons (Fsp3) is 0.292. The number of benzene rings is 1. The van der Waals surface area contributed by atoms with Gasteiger partial charge in [0.15, 0.2) is 5.76 Å². The van der Waals surface area contributed by atoms with Crippen molar-refractivity contribution in [2.75, 3.05) is 23.5 Å². The van der Waals surface area contributed by atoms with Gasteiger partial charge in [-0.25, -0.2) is 4.79 Å². The number of amides is 2. The molecule has 0 spiro atoms. The van der Waals surface area contributed by atoms with Gasteiger partial charge in [0.2, 0.25) is 5.91 Å². The molecule has 0 fully saturated rings. The molecule has 3 aromatic rings. The van der Waals surface area contributed by atoms with Crippen molar-refractivity contribution in [3.8, 4) is 0 Å². The van der Waals surface area contributed by atoms with Crippen molar-refractivity contribution in [3.05, 3.63) is 64.4 Å². The van der Waals surface area contributed by atoms with Gasteiger partial charge >= 0.3 is 5.97 Å². The monoisotopic (exact) mass is 484 g/mol. The van der Waals surface area contributed by atoms with Crippen molar-refractivity contribution < 1.29 is 23.5 Å². The minimum absolute atomic E-state index is 0.165. The number of furan rings is 1. The van der Waals surface area contributed by atoms with E-state index in [1.165, 1.54) is 36.5 Å². The molecule has 0 saturated carbocycles. The number of carbonyl (C=O) groups is 3. The van der Waals surface area contributed by atoms with Crippen LogP contribution < -0.4 is 10.6 Å². The van der Waals surface area contributed by atoms with Crippen molar-refractivity contribution >= 4 is 51.6 Å². The van der Waals surface area contributed by atoms with E-state index >= 15 is 0 Å². The Labute approximate surface area is 199 Å². The number of thioether (sulfide) groups is 1. The molecule has 0 atom stereocenters. The van der Waals surface area contributed by atoms with Crippen molar-refractivity contribution in [3.63, 3.8) is 0 Å². The third kappa shape index (κ3) is 5.66. The number of ether oxygens (including phenoxy) is 1. The van der Waals surface area contributed by atoms with Gasteiger partial charge in [0.05, 0.1) is 24.7 Å². The van der Waals surface area contributed by atoms with Crippen molar-refractivity contribution in [2.45, 2.75) is 37.0 Å². The predicted molar refractivity (Wildman–Crippen MR) is 129 cm³/mol. The number of hydrogen-bond donors (Lipinski definition) is 2. The summed E-state index contributed by atoms with van der Waals surface area (Å²) < 4.78 is 10.1. The summed E-state index contributed by atoms with van der Waals surface area (Å²) in [6, 6.07) is 10.5. The molecular weight excluding hydrogens is 460 g/mol. The van der Waals surface area contributed by atoms with Crippen LogP contribution >= 0.6 is 23.1 Å². The third-order valence-electron chi connectivity index (χ3n) is 5.27. The highest BCUT2D eigenvalue weighted by Crippen LogP contribution is 2.38. The van der Waals surface area contributed by atoms with Crippen LogP contribution in [0.25, 0.3) is 0 Å². The molecule has 0 aliphatic heterocycles. The highest BCUT2D eigenvalue weighted by molar-refractivity contribution is 8.00. The second-order valence-corrected chi connectivity index (χ2v) is 9.71. The second-order valence-electron chi connectivity index (χ2n) is 7.56. The van der Waals surface area contributed by atoms with Crippen LogP contribution in [0.4, 0.5) is 10.7 Å². The van der Waals surface area contributed by atoms with Gasteiger partial charge in [-0.1, -0.05) is 12.5 Å². The largest absolute Gasteiger partial charge is 0.465 e. The standard InChI is InChI=1S/C24H24N2O5S2/c1-30-24(29)21-17-9-3-2-4-11-19(17)33-23(21)26-20(27)14-32-16-8-5-7-15(13-16)25-22(28)18-10-6-12-31-18/h5-8,10,12-13H,2-4,9,11,14H2,1H3,(H,25,28)(H,26,27). The summed E-state index contributed by atoms with van der Waals surface area (Å²) in [4.78, 5) is 39.3. The van der Waals surface area contributed by atoms with Gasteiger partial charge in [-0.2, -0.15) is 0 Å². The van der Waals surface area contributed by atoms with Crippen LogP contribution in [-0.4, -0.2) is 30.6 Å². The average molecular weight is 485 g/mol. The quantitative estimate of drug-likeness (QED) is 0.265. The van der Waals surface area contributed by atoms with Crippen LogP contribution in [-0.2, 0) is 22.4 Å². The lowest BCUT2D eigenvalue weighted by molar-refractivity contribution is -0.113. The number of rotatable bonds is 7. The predicted octanol–water partition coefficient (Wildman–Crippen LogP) is 5.38. The molecular formula is C24H24N2O5S2. The molecule has 1 aromatic carbocycles. The van der Waals surface area contributed by atoms with Crippen LogP contribution in [0.1, 0.15) is 50.6 Å². The first-order chi connectivity index (χ1) is 16.0. The van der Waals surface area contributed by atoms with Crippen molar-refractivity contribution in [1.82, 2.24) is 0 Å². The Morgan fingerprint density at radius 2 is 1.94 bits per heavy atom. The van der Waals surface area contributed by atoms with Gasteiger partial charge in [-0.15, -0.1) is 23.1 Å². The van der Waals surface area contributed by atoms with Gasteiger partial charge in [-0.05, 0) is 61.6 Å². The molecule has 2 heterocycles. The summed E-state index contributed by atoms with van der Waals surface area (Å²) in [5.41, 5.74) is 2.13. The summed E-state index contributed by atoms with van der Waals surface area (Å²) in [6.07, 6.45) is 6.45. The van der Waals surface area contributed by atoms with E-state index in [0.717, 1.165) is 47.4 Å². The Bertz CT molecular complexity index is 1150. The maximum absolute atomic E-state index is 12.7. The van der Waals surface area contributed by atoms with Gasteiger partial charge in [0.1, 0.15) is 5.00 Å². The molecule has 9 heteroatoms. The first kappa shape index (κ1) is 23.1. The molecule has 4 rings (SSSR count). The molecule has 33 heavy (non-hydrogen) atoms. The molecule has 1 aliphatic rings. The molecule has 1 aliphatic carbocycles. The summed E-state index contributed by atoms with van der Waals surface area (Å²) in [7, 11) is 1.36. The van der Waals surface area contributed by atoms with Gasteiger partial charge in [0.25, 0.3) is 5.91 Å². The molecule has 0 saturated heterocycles. The number of esters is 1. The van der Waals surface area contributed by atoms with Crippen molar-refractivity contribution in [1.29, 1.82) is 0 Å². The summed E-state index contributed by atoms with van der Waals surface area (Å²) in [5.74, 6) is -0.557. The van der Waals surface area contributed by atoms with E-state index in [4.69, 9.17) is 9.15 Å². The molecule has 0 bridgehead atoms. The minimum atomic E-state index is -0.405. The van der Waals surface area contributed by atoms with Crippen LogP contribution in [0, 0.1) is 0 Å². The highest BCUT2D eigenvalue weighted by atomic mass is 32.2. The number of hydrogen-bond acceptors (Lipinski definition) is 7. The molecule has 172 valence electrons. The van der Waals surface area contributed by atoms with Crippen LogP contribution in [0.2, 0.25) is 0 Å². The van der Waals surface area contributed by atoms with E-state index in [1.54, 1.807) is 24.3 Å². The first-order valence-electron chi connectivity index (χ1n) is 10.7. The Morgan fingerprint density at radius 1 is 1.09 bits per heavy atom. The zero-order chi connectivity index (χ0) is 23.2. The number of methoxy groups -OCH3 is 1. The molecule has 0 radical (unpaired) electrons. The Kier molecular flexibility index (Phi) is 7.51. The third-order valence-corrected chi connectivity index (χ3v) is 7.47. The van der Waals surface area contributed by atoms with E-state index in [2.05, 4.69) is 10.6 Å². The average Bonchev–Trinajstić information content (AvgIpc) is 3.41. The number of fused-ring (bicyclic) bond motifs is 1. The second kappa shape index (κ2) is 10.7. The minimum Gasteiger partial charge on any atom is -0.465 e. The summed E-state index contributed by atoms with van der Waals surface area (Å²) in [5, 5.41) is 6.26. The zero-order valence-electron chi connectivity index (χ0n) is 18.1. The number of carbonyl (C=O) groups excluding carboxylic acids is 3. The Balaban J connectivity index is 1.40. The SMILES string of the molecule is COC(=O)c1c(NC(=O)CSc2cccc(NC(=O)c3ccco3)c2)sc2c1CCCCC2. The molecule has 0 unspecified atom stereocenters. The normalized spacial score (nSPS) is 13.0. The number of aryl methyl sites for hydroxylation is 1. The lowest BCUT2D eigenvalue weighted by Gasteiger charge is -2.08. The van der Waals surface area contributed by atoms with Gasteiger partial charge in [0, 0.05) is 15.5 Å². The van der Waals surface area contributed by atoms with Crippen molar-refractivity contribution in [2.24, 2.45) is 0 Å². The van der Waals surface area contributed by atoms with Gasteiger partial charge in [-0.3, -0.25) is 9.59 Å². The number of anilines is 2. The van der Waals surface area contributed by atoms with E-state index in [1.807, 2.05) is 12.1 Å². The molecule has 2 aromatic heterocycles. The summed E-state index contributed by atoms with van der Waals surface area (Å²) >= 11 is 2.82. The molecule has 2 amide bonds. The van der Waals surface area contributed by atoms with E-state index in [-0.39, 0.29) is 23.3 Å². The maximum atomic E-state index is 12.7. The van der Waals surface area contributed by atoms with E-state index < -0.39 is 5.97 Å². The lowest BCUT2D eigenvalue weighted by atomic mass is 10.1. The highest BCUT2D eigenvalue weighted by Gasteiger charge is 2.26.